The number of nitrogens with zero attached hydrogens (tertiary/aromatic N) is 5. The summed E-state index contributed by atoms with van der Waals surface area (Å²) < 4.78 is 7.65. The summed E-state index contributed by atoms with van der Waals surface area (Å²) in [5.74, 6) is -1.58. The molecule has 11 nitrogen and oxygen atoms in total. The number of rotatable bonds is 5. The molecule has 0 radical (unpaired) electrons. The van der Waals surface area contributed by atoms with E-state index < -0.39 is 28.4 Å². The number of non-ortho nitro benzene ring substituents is 1. The van der Waals surface area contributed by atoms with Gasteiger partial charge in [0.05, 0.1) is 39.6 Å². The lowest BCUT2D eigenvalue weighted by atomic mass is 9.96. The van der Waals surface area contributed by atoms with Crippen molar-refractivity contribution < 1.29 is 24.4 Å². The summed E-state index contributed by atoms with van der Waals surface area (Å²) in [6.45, 7) is 1.69. The molecule has 0 aliphatic carbocycles. The molecule has 39 heavy (non-hydrogen) atoms. The fourth-order valence-electron chi connectivity index (χ4n) is 4.77. The minimum absolute atomic E-state index is 0.152. The van der Waals surface area contributed by atoms with Crippen LogP contribution in [-0.4, -0.2) is 43.2 Å². The van der Waals surface area contributed by atoms with Crippen LogP contribution in [0.1, 0.15) is 23.0 Å². The quantitative estimate of drug-likeness (QED) is 0.110. The van der Waals surface area contributed by atoms with Gasteiger partial charge in [0.15, 0.2) is 10.9 Å². The van der Waals surface area contributed by atoms with Crippen molar-refractivity contribution in [2.75, 3.05) is 12.0 Å². The molecule has 2 aromatic carbocycles. The molecule has 1 saturated heterocycles. The van der Waals surface area contributed by atoms with E-state index in [9.17, 15) is 24.8 Å². The van der Waals surface area contributed by atoms with Crippen molar-refractivity contribution in [3.8, 4) is 5.75 Å². The van der Waals surface area contributed by atoms with Crippen LogP contribution in [0.5, 0.6) is 5.75 Å². The van der Waals surface area contributed by atoms with Gasteiger partial charge in [-0.25, -0.2) is 9.97 Å². The number of hydrogen-bond donors (Lipinski definition) is 1. The number of ether oxygens (including phenoxy) is 1. The number of aliphatic hydroxyl groups excluding tert-OH is 1. The maximum Gasteiger partial charge on any atom is 0.301 e. The fourth-order valence-corrected chi connectivity index (χ4v) is 5.79. The Hall–Kier alpha value is -5.10. The molecule has 1 N–H and O–H groups in total. The number of Topliss-reactive ketones (excluding diaryl/α,β-unsaturated/α-hetero) is 1. The van der Waals surface area contributed by atoms with Crippen molar-refractivity contribution in [3.63, 3.8) is 0 Å². The van der Waals surface area contributed by atoms with E-state index in [0.29, 0.717) is 28.2 Å². The number of ketones is 1. The van der Waals surface area contributed by atoms with Crippen LogP contribution in [0, 0.1) is 17.0 Å². The molecule has 6 rings (SSSR count). The van der Waals surface area contributed by atoms with Crippen molar-refractivity contribution in [2.45, 2.75) is 13.0 Å². The van der Waals surface area contributed by atoms with Crippen molar-refractivity contribution in [1.29, 1.82) is 0 Å². The second-order valence-corrected chi connectivity index (χ2v) is 9.83. The van der Waals surface area contributed by atoms with Crippen molar-refractivity contribution >= 4 is 55.5 Å². The highest BCUT2D eigenvalue weighted by molar-refractivity contribution is 7.22. The molecule has 194 valence electrons. The third-order valence-corrected chi connectivity index (χ3v) is 7.60. The van der Waals surface area contributed by atoms with E-state index in [1.165, 1.54) is 40.5 Å². The maximum atomic E-state index is 13.6. The monoisotopic (exact) mass is 541 g/mol. The molecule has 1 amide bonds. The zero-order valence-electron chi connectivity index (χ0n) is 20.6. The largest absolute Gasteiger partial charge is 0.505 e. The Morgan fingerprint density at radius 1 is 1.10 bits per heavy atom. The third-order valence-electron chi connectivity index (χ3n) is 6.58. The van der Waals surface area contributed by atoms with Gasteiger partial charge in [-0.05, 0) is 55.0 Å². The molecule has 1 fully saturated rings. The number of anilines is 1. The number of benzene rings is 2. The number of nitro benzene ring substituents is 1. The average molecular weight is 542 g/mol. The number of carbonyl (C=O) groups excluding carboxylic acids is 2. The van der Waals surface area contributed by atoms with Crippen LogP contribution in [0.25, 0.3) is 21.6 Å². The smallest absolute Gasteiger partial charge is 0.301 e. The number of aryl methyl sites for hydroxylation is 1. The molecule has 0 bridgehead atoms. The van der Waals surface area contributed by atoms with Crippen LogP contribution in [0.15, 0.2) is 72.4 Å². The first-order valence-electron chi connectivity index (χ1n) is 11.7. The third kappa shape index (κ3) is 3.80. The minimum Gasteiger partial charge on any atom is -0.505 e. The van der Waals surface area contributed by atoms with E-state index >= 15 is 0 Å². The number of aromatic nitrogens is 3. The Balaban J connectivity index is 1.59. The summed E-state index contributed by atoms with van der Waals surface area (Å²) in [4.78, 5) is 48.1. The Morgan fingerprint density at radius 2 is 1.87 bits per heavy atom. The molecule has 1 aliphatic heterocycles. The summed E-state index contributed by atoms with van der Waals surface area (Å²) in [6.07, 6.45) is 1.70. The van der Waals surface area contributed by atoms with E-state index in [4.69, 9.17) is 4.74 Å². The van der Waals surface area contributed by atoms with Crippen LogP contribution >= 0.6 is 11.3 Å². The molecule has 1 aliphatic rings. The zero-order chi connectivity index (χ0) is 27.4. The lowest BCUT2D eigenvalue weighted by Crippen LogP contribution is -2.29. The van der Waals surface area contributed by atoms with Crippen molar-refractivity contribution in [1.82, 2.24) is 14.4 Å². The number of pyridine rings is 1. The molecule has 3 aromatic heterocycles. The maximum absolute atomic E-state index is 13.6. The SMILES string of the molecule is COc1ccc2nc(N3C(=O)C(=O)C(=C(O)c4c(C)nc5ccccn45)C3c3ccc([N+](=O)[O-])cc3)sc2c1. The molecule has 0 saturated carbocycles. The first kappa shape index (κ1) is 24.2. The summed E-state index contributed by atoms with van der Waals surface area (Å²) >= 11 is 1.19. The number of fused-ring (bicyclic) bond motifs is 2. The number of thiazole rings is 1. The second kappa shape index (κ2) is 9.03. The Labute approximate surface area is 224 Å². The van der Waals surface area contributed by atoms with Crippen molar-refractivity contribution in [3.05, 3.63) is 99.5 Å². The highest BCUT2D eigenvalue weighted by Crippen LogP contribution is 2.45. The van der Waals surface area contributed by atoms with E-state index in [1.807, 2.05) is 0 Å². The van der Waals surface area contributed by atoms with Gasteiger partial charge in [-0.3, -0.25) is 29.0 Å². The Bertz CT molecular complexity index is 1860. The number of aliphatic hydroxyl groups is 1. The molecule has 5 aromatic rings. The fraction of sp³-hybridized carbons (Fsp3) is 0.111. The molecule has 4 heterocycles. The standard InChI is InChI=1S/C27H19N5O6S/c1-14-22(30-12-4-3-5-20(30)28-14)24(33)21-23(15-6-8-16(9-7-15)32(36)37)31(26(35)25(21)34)27-29-18-11-10-17(38-2)13-19(18)39-27/h3-13,23,33H,1-2H3. The predicted octanol–water partition coefficient (Wildman–Crippen LogP) is 4.80. The summed E-state index contributed by atoms with van der Waals surface area (Å²) in [7, 11) is 1.54. The second-order valence-electron chi connectivity index (χ2n) is 8.82. The van der Waals surface area contributed by atoms with E-state index in [-0.39, 0.29) is 22.1 Å². The highest BCUT2D eigenvalue weighted by atomic mass is 32.1. The van der Waals surface area contributed by atoms with Gasteiger partial charge in [-0.1, -0.05) is 17.4 Å². The van der Waals surface area contributed by atoms with Crippen LogP contribution in [0.4, 0.5) is 10.8 Å². The van der Waals surface area contributed by atoms with Crippen LogP contribution in [0.2, 0.25) is 0 Å². The van der Waals surface area contributed by atoms with Crippen molar-refractivity contribution in [2.24, 2.45) is 0 Å². The van der Waals surface area contributed by atoms with E-state index in [1.54, 1.807) is 61.0 Å². The van der Waals surface area contributed by atoms with E-state index in [0.717, 1.165) is 4.70 Å². The topological polar surface area (TPSA) is 140 Å². The van der Waals surface area contributed by atoms with Gasteiger partial charge in [0.1, 0.15) is 17.1 Å². The lowest BCUT2D eigenvalue weighted by molar-refractivity contribution is -0.384. The summed E-state index contributed by atoms with van der Waals surface area (Å²) in [5.41, 5.74) is 1.95. The summed E-state index contributed by atoms with van der Waals surface area (Å²) in [6, 6.07) is 15.0. The van der Waals surface area contributed by atoms with Crippen LogP contribution < -0.4 is 9.64 Å². The average Bonchev–Trinajstić information content (AvgIpc) is 3.58. The molecule has 0 spiro atoms. The minimum atomic E-state index is -1.10. The highest BCUT2D eigenvalue weighted by Gasteiger charge is 2.48. The van der Waals surface area contributed by atoms with Gasteiger partial charge in [0, 0.05) is 18.3 Å². The normalized spacial score (nSPS) is 16.9. The Morgan fingerprint density at radius 3 is 2.59 bits per heavy atom. The van der Waals surface area contributed by atoms with E-state index in [2.05, 4.69) is 9.97 Å². The zero-order valence-corrected chi connectivity index (χ0v) is 21.4. The van der Waals surface area contributed by atoms with Gasteiger partial charge < -0.3 is 9.84 Å². The Kier molecular flexibility index (Phi) is 5.61. The molecule has 1 unspecified atom stereocenters. The van der Waals surface area contributed by atoms with Gasteiger partial charge in [0.2, 0.25) is 0 Å². The molecule has 12 heteroatoms. The first-order valence-corrected chi connectivity index (χ1v) is 12.5. The number of methoxy groups -OCH3 is 1. The first-order chi connectivity index (χ1) is 18.8. The number of nitro groups is 1. The number of carbonyl (C=O) groups is 2. The predicted molar refractivity (Wildman–Crippen MR) is 144 cm³/mol. The van der Waals surface area contributed by atoms with Gasteiger partial charge in [-0.15, -0.1) is 0 Å². The number of imidazole rings is 1. The molecule has 1 atom stereocenters. The van der Waals surface area contributed by atoms with Crippen LogP contribution in [-0.2, 0) is 9.59 Å². The van der Waals surface area contributed by atoms with Gasteiger partial charge in [-0.2, -0.15) is 0 Å². The summed E-state index contributed by atoms with van der Waals surface area (Å²) in [5, 5.41) is 23.1. The lowest BCUT2D eigenvalue weighted by Gasteiger charge is -2.22. The number of hydrogen-bond acceptors (Lipinski definition) is 9. The number of amides is 1. The molecular formula is C27H19N5O6S. The molecular weight excluding hydrogens is 522 g/mol. The van der Waals surface area contributed by atoms with Gasteiger partial charge >= 0.3 is 5.91 Å². The van der Waals surface area contributed by atoms with Gasteiger partial charge in [0.25, 0.3) is 11.5 Å². The van der Waals surface area contributed by atoms with Crippen LogP contribution in [0.3, 0.4) is 0 Å².